The second kappa shape index (κ2) is 2.42. The zero-order valence-corrected chi connectivity index (χ0v) is 8.58. The van der Waals surface area contributed by atoms with Crippen molar-refractivity contribution in [2.75, 3.05) is 6.26 Å². The van der Waals surface area contributed by atoms with Crippen molar-refractivity contribution in [1.82, 2.24) is 0 Å². The van der Waals surface area contributed by atoms with Gasteiger partial charge in [0.15, 0.2) is 0 Å². The minimum Gasteiger partial charge on any atom is -0.162 e. The summed E-state index contributed by atoms with van der Waals surface area (Å²) in [7, 11) is 0. The van der Waals surface area contributed by atoms with Crippen LogP contribution in [0.15, 0.2) is 0 Å². The van der Waals surface area contributed by atoms with Gasteiger partial charge in [-0.15, -0.1) is 0 Å². The lowest BCUT2D eigenvalue weighted by atomic mass is 9.49. The molecule has 0 saturated heterocycles. The van der Waals surface area contributed by atoms with E-state index in [-0.39, 0.29) is 0 Å². The Morgan fingerprint density at radius 1 is 1.27 bits per heavy atom. The van der Waals surface area contributed by atoms with Crippen LogP contribution < -0.4 is 0 Å². The van der Waals surface area contributed by atoms with Crippen LogP contribution in [0.3, 0.4) is 0 Å². The second-order valence-electron chi connectivity index (χ2n) is 4.71. The van der Waals surface area contributed by atoms with Crippen LogP contribution in [-0.2, 0) is 0 Å². The van der Waals surface area contributed by atoms with Crippen LogP contribution in [0.1, 0.15) is 33.1 Å². The average Bonchev–Trinajstić information content (AvgIpc) is 2.04. The molecule has 2 bridgehead atoms. The molecule has 0 spiro atoms. The van der Waals surface area contributed by atoms with Gasteiger partial charge in [-0.1, -0.05) is 13.8 Å². The number of hydrogen-bond acceptors (Lipinski definition) is 1. The van der Waals surface area contributed by atoms with Gasteiger partial charge in [0.25, 0.3) is 0 Å². The number of rotatable bonds is 1. The number of fused-ring (bicyclic) bond motifs is 2. The van der Waals surface area contributed by atoms with Crippen LogP contribution in [0, 0.1) is 17.3 Å². The maximum absolute atomic E-state index is 2.47. The predicted molar refractivity (Wildman–Crippen MR) is 51.9 cm³/mol. The summed E-state index contributed by atoms with van der Waals surface area (Å²) in [6.45, 7) is 4.93. The first kappa shape index (κ1) is 7.97. The van der Waals surface area contributed by atoms with Gasteiger partial charge < -0.3 is 0 Å². The molecule has 0 aliphatic heterocycles. The molecule has 3 aliphatic carbocycles. The average molecular weight is 170 g/mol. The molecule has 0 heterocycles. The summed E-state index contributed by atoms with van der Waals surface area (Å²) in [6, 6.07) is 0. The molecule has 64 valence electrons. The molecule has 0 N–H and O–H groups in total. The topological polar surface area (TPSA) is 0 Å². The lowest BCUT2D eigenvalue weighted by molar-refractivity contribution is -0.0594. The first-order chi connectivity index (χ1) is 5.16. The highest BCUT2D eigenvalue weighted by Crippen LogP contribution is 2.61. The Kier molecular flexibility index (Phi) is 1.75. The van der Waals surface area contributed by atoms with Crippen LogP contribution in [0.2, 0.25) is 0 Å². The first-order valence-corrected chi connectivity index (χ1v) is 5.98. The molecule has 3 saturated carbocycles. The summed E-state index contributed by atoms with van der Waals surface area (Å²) in [6.07, 6.45) is 6.78. The van der Waals surface area contributed by atoms with Crippen molar-refractivity contribution in [3.8, 4) is 0 Å². The Labute approximate surface area is 74.1 Å². The van der Waals surface area contributed by atoms with Gasteiger partial charge in [-0.2, -0.15) is 11.8 Å². The van der Waals surface area contributed by atoms with Gasteiger partial charge in [-0.3, -0.25) is 0 Å². The predicted octanol–water partition coefficient (Wildman–Crippen LogP) is 3.17. The van der Waals surface area contributed by atoms with Crippen molar-refractivity contribution >= 4 is 11.8 Å². The monoisotopic (exact) mass is 170 g/mol. The van der Waals surface area contributed by atoms with Crippen LogP contribution in [0.25, 0.3) is 0 Å². The SMILES string of the molecule is CSC1CCC2CC1C2(C)C. The van der Waals surface area contributed by atoms with Crippen molar-refractivity contribution in [2.45, 2.75) is 38.4 Å². The van der Waals surface area contributed by atoms with E-state index < -0.39 is 0 Å². The Morgan fingerprint density at radius 3 is 2.36 bits per heavy atom. The maximum Gasteiger partial charge on any atom is 0.00779 e. The fourth-order valence-electron chi connectivity index (χ4n) is 3.03. The summed E-state index contributed by atoms with van der Waals surface area (Å²) in [5, 5.41) is 0.981. The van der Waals surface area contributed by atoms with Crippen molar-refractivity contribution in [3.05, 3.63) is 0 Å². The molecular weight excluding hydrogens is 152 g/mol. The number of thioether (sulfide) groups is 1. The minimum atomic E-state index is 0.686. The Bertz CT molecular complexity index is 160. The molecule has 3 rings (SSSR count). The third kappa shape index (κ3) is 0.965. The highest BCUT2D eigenvalue weighted by Gasteiger charge is 2.53. The zero-order chi connectivity index (χ0) is 8.06. The minimum absolute atomic E-state index is 0.686. The molecule has 0 aromatic rings. The molecule has 3 aliphatic rings. The molecule has 11 heavy (non-hydrogen) atoms. The fourth-order valence-corrected chi connectivity index (χ4v) is 4.19. The smallest absolute Gasteiger partial charge is 0.00779 e. The molecular formula is C10H18S. The first-order valence-electron chi connectivity index (χ1n) is 4.69. The summed E-state index contributed by atoms with van der Waals surface area (Å²) < 4.78 is 0. The van der Waals surface area contributed by atoms with Crippen molar-refractivity contribution in [1.29, 1.82) is 0 Å². The molecule has 1 heteroatoms. The molecule has 0 radical (unpaired) electrons. The van der Waals surface area contributed by atoms with Crippen LogP contribution >= 0.6 is 11.8 Å². The van der Waals surface area contributed by atoms with Gasteiger partial charge in [0.1, 0.15) is 0 Å². The van der Waals surface area contributed by atoms with E-state index in [1.165, 1.54) is 19.3 Å². The van der Waals surface area contributed by atoms with Gasteiger partial charge >= 0.3 is 0 Å². The maximum atomic E-state index is 2.47. The largest absolute Gasteiger partial charge is 0.162 e. The Morgan fingerprint density at radius 2 is 2.00 bits per heavy atom. The number of hydrogen-bond donors (Lipinski definition) is 0. The van der Waals surface area contributed by atoms with E-state index in [2.05, 4.69) is 31.9 Å². The summed E-state index contributed by atoms with van der Waals surface area (Å²) >= 11 is 2.09. The highest BCUT2D eigenvalue weighted by molar-refractivity contribution is 7.99. The lowest BCUT2D eigenvalue weighted by Gasteiger charge is -2.59. The van der Waals surface area contributed by atoms with E-state index >= 15 is 0 Å². The van der Waals surface area contributed by atoms with E-state index in [0.717, 1.165) is 17.1 Å². The van der Waals surface area contributed by atoms with Gasteiger partial charge in [0, 0.05) is 5.25 Å². The van der Waals surface area contributed by atoms with E-state index in [9.17, 15) is 0 Å². The molecule has 3 unspecified atom stereocenters. The quantitative estimate of drug-likeness (QED) is 0.582. The molecule has 0 aromatic carbocycles. The van der Waals surface area contributed by atoms with E-state index in [1.54, 1.807) is 0 Å². The Hall–Kier alpha value is 0.350. The summed E-state index contributed by atoms with van der Waals surface area (Å²) in [5.41, 5.74) is 0.686. The van der Waals surface area contributed by atoms with Crippen LogP contribution in [0.4, 0.5) is 0 Å². The molecule has 0 nitrogen and oxygen atoms in total. The zero-order valence-electron chi connectivity index (χ0n) is 7.76. The third-order valence-corrected chi connectivity index (χ3v) is 5.27. The Balaban J connectivity index is 2.10. The fraction of sp³-hybridized carbons (Fsp3) is 1.00. The van der Waals surface area contributed by atoms with Crippen molar-refractivity contribution in [3.63, 3.8) is 0 Å². The summed E-state index contributed by atoms with van der Waals surface area (Å²) in [5.74, 6) is 2.10. The normalized spacial score (nSPS) is 46.6. The molecule has 0 amide bonds. The molecule has 3 atom stereocenters. The molecule has 0 aromatic heterocycles. The second-order valence-corrected chi connectivity index (χ2v) is 5.79. The van der Waals surface area contributed by atoms with Crippen molar-refractivity contribution in [2.24, 2.45) is 17.3 Å². The third-order valence-electron chi connectivity index (χ3n) is 4.10. The van der Waals surface area contributed by atoms with E-state index in [4.69, 9.17) is 0 Å². The standard InChI is InChI=1S/C10H18S/c1-10(2)7-4-5-9(11-3)8(10)6-7/h7-9H,4-6H2,1-3H3. The van der Waals surface area contributed by atoms with Crippen LogP contribution in [-0.4, -0.2) is 11.5 Å². The lowest BCUT2D eigenvalue weighted by Crippen LogP contribution is -2.53. The van der Waals surface area contributed by atoms with Gasteiger partial charge in [-0.25, -0.2) is 0 Å². The van der Waals surface area contributed by atoms with Crippen LogP contribution in [0.5, 0.6) is 0 Å². The highest BCUT2D eigenvalue weighted by atomic mass is 32.2. The van der Waals surface area contributed by atoms with E-state index in [1.807, 2.05) is 0 Å². The molecule has 3 fully saturated rings. The van der Waals surface area contributed by atoms with E-state index in [0.29, 0.717) is 5.41 Å². The summed E-state index contributed by atoms with van der Waals surface area (Å²) in [4.78, 5) is 0. The van der Waals surface area contributed by atoms with Gasteiger partial charge in [0.05, 0.1) is 0 Å². The van der Waals surface area contributed by atoms with Gasteiger partial charge in [-0.05, 0) is 42.8 Å². The van der Waals surface area contributed by atoms with Gasteiger partial charge in [0.2, 0.25) is 0 Å². The van der Waals surface area contributed by atoms with Crippen molar-refractivity contribution < 1.29 is 0 Å².